The Hall–Kier alpha value is -1.20. The fourth-order valence-electron chi connectivity index (χ4n) is 2.36. The van der Waals surface area contributed by atoms with E-state index in [0.29, 0.717) is 19.8 Å². The van der Waals surface area contributed by atoms with Gasteiger partial charge in [-0.1, -0.05) is 19.1 Å². The lowest BCUT2D eigenvalue weighted by Gasteiger charge is -2.35. The van der Waals surface area contributed by atoms with E-state index in [1.807, 2.05) is 23.1 Å². The van der Waals surface area contributed by atoms with Crippen molar-refractivity contribution in [3.05, 3.63) is 29.8 Å². The highest BCUT2D eigenvalue weighted by atomic mass is 32.2. The SMILES string of the molecule is CC[C@@H]1COCCN1C(=O)Nc1cccc(CSC)c1. The monoisotopic (exact) mass is 294 g/mol. The average molecular weight is 294 g/mol. The molecule has 0 unspecified atom stereocenters. The molecule has 20 heavy (non-hydrogen) atoms. The molecule has 1 atom stereocenters. The summed E-state index contributed by atoms with van der Waals surface area (Å²) in [5.41, 5.74) is 2.09. The molecule has 1 fully saturated rings. The Morgan fingerprint density at radius 1 is 1.55 bits per heavy atom. The average Bonchev–Trinajstić information content (AvgIpc) is 2.48. The van der Waals surface area contributed by atoms with Crippen molar-refractivity contribution in [2.75, 3.05) is 31.3 Å². The fraction of sp³-hybridized carbons (Fsp3) is 0.533. The lowest BCUT2D eigenvalue weighted by Crippen LogP contribution is -2.50. The minimum Gasteiger partial charge on any atom is -0.377 e. The molecular formula is C15H22N2O2S. The summed E-state index contributed by atoms with van der Waals surface area (Å²) in [7, 11) is 0. The number of nitrogens with zero attached hydrogens (tertiary/aromatic N) is 1. The summed E-state index contributed by atoms with van der Waals surface area (Å²) in [4.78, 5) is 14.2. The van der Waals surface area contributed by atoms with Gasteiger partial charge in [-0.25, -0.2) is 4.79 Å². The molecular weight excluding hydrogens is 272 g/mol. The predicted molar refractivity (Wildman–Crippen MR) is 84.3 cm³/mol. The van der Waals surface area contributed by atoms with Crippen LogP contribution < -0.4 is 5.32 Å². The number of carbonyl (C=O) groups excluding carboxylic acids is 1. The first-order valence-corrected chi connectivity index (χ1v) is 8.37. The molecule has 0 aliphatic carbocycles. The van der Waals surface area contributed by atoms with Gasteiger partial charge in [-0.2, -0.15) is 11.8 Å². The van der Waals surface area contributed by atoms with Gasteiger partial charge >= 0.3 is 6.03 Å². The quantitative estimate of drug-likeness (QED) is 0.927. The molecule has 1 N–H and O–H groups in total. The highest BCUT2D eigenvalue weighted by molar-refractivity contribution is 7.97. The molecule has 4 nitrogen and oxygen atoms in total. The summed E-state index contributed by atoms with van der Waals surface area (Å²) in [6, 6.07) is 8.19. The summed E-state index contributed by atoms with van der Waals surface area (Å²) < 4.78 is 5.43. The second-order valence-electron chi connectivity index (χ2n) is 4.89. The van der Waals surface area contributed by atoms with E-state index in [1.54, 1.807) is 11.8 Å². The van der Waals surface area contributed by atoms with Crippen molar-refractivity contribution in [3.63, 3.8) is 0 Å². The topological polar surface area (TPSA) is 41.6 Å². The number of amides is 2. The van der Waals surface area contributed by atoms with Crippen LogP contribution in [0, 0.1) is 0 Å². The number of urea groups is 1. The molecule has 0 aromatic heterocycles. The molecule has 0 spiro atoms. The summed E-state index contributed by atoms with van der Waals surface area (Å²) in [6.45, 7) is 4.00. The van der Waals surface area contributed by atoms with Gasteiger partial charge in [-0.05, 0) is 30.4 Å². The second-order valence-corrected chi connectivity index (χ2v) is 5.76. The third kappa shape index (κ3) is 3.90. The van der Waals surface area contributed by atoms with Crippen LogP contribution in [0.25, 0.3) is 0 Å². The molecule has 0 saturated carbocycles. The molecule has 0 bridgehead atoms. The second kappa shape index (κ2) is 7.55. The van der Waals surface area contributed by atoms with Crippen molar-refractivity contribution in [2.24, 2.45) is 0 Å². The number of hydrogen-bond acceptors (Lipinski definition) is 3. The Bertz CT molecular complexity index is 453. The maximum atomic E-state index is 12.4. The molecule has 5 heteroatoms. The Labute approximate surface area is 124 Å². The minimum atomic E-state index is -0.0264. The molecule has 1 heterocycles. The Morgan fingerprint density at radius 2 is 2.40 bits per heavy atom. The normalized spacial score (nSPS) is 18.9. The zero-order valence-electron chi connectivity index (χ0n) is 12.1. The summed E-state index contributed by atoms with van der Waals surface area (Å²) in [6.07, 6.45) is 2.99. The fourth-order valence-corrected chi connectivity index (χ4v) is 2.87. The third-order valence-corrected chi connectivity index (χ3v) is 4.07. The molecule has 1 aliphatic heterocycles. The van der Waals surface area contributed by atoms with Crippen LogP contribution in [0.5, 0.6) is 0 Å². The first-order valence-electron chi connectivity index (χ1n) is 6.97. The molecule has 1 saturated heterocycles. The van der Waals surface area contributed by atoms with Gasteiger partial charge in [0.2, 0.25) is 0 Å². The number of benzene rings is 1. The van der Waals surface area contributed by atoms with Crippen LogP contribution >= 0.6 is 11.8 Å². The summed E-state index contributed by atoms with van der Waals surface area (Å²) >= 11 is 1.77. The van der Waals surface area contributed by atoms with Gasteiger partial charge in [0.1, 0.15) is 0 Å². The lowest BCUT2D eigenvalue weighted by molar-refractivity contribution is 0.0144. The molecule has 0 radical (unpaired) electrons. The van der Waals surface area contributed by atoms with Crippen LogP contribution in [-0.4, -0.2) is 43.0 Å². The van der Waals surface area contributed by atoms with E-state index in [0.717, 1.165) is 17.9 Å². The van der Waals surface area contributed by atoms with Gasteiger partial charge in [0.15, 0.2) is 0 Å². The molecule has 2 amide bonds. The Morgan fingerprint density at radius 3 is 3.15 bits per heavy atom. The number of anilines is 1. The van der Waals surface area contributed by atoms with Crippen molar-refractivity contribution >= 4 is 23.5 Å². The van der Waals surface area contributed by atoms with Gasteiger partial charge in [0.25, 0.3) is 0 Å². The van der Waals surface area contributed by atoms with Crippen molar-refractivity contribution < 1.29 is 9.53 Å². The highest BCUT2D eigenvalue weighted by Gasteiger charge is 2.25. The van der Waals surface area contributed by atoms with E-state index in [9.17, 15) is 4.79 Å². The van der Waals surface area contributed by atoms with Crippen molar-refractivity contribution in [2.45, 2.75) is 25.1 Å². The standard InChI is InChI=1S/C15H22N2O2S/c1-3-14-10-19-8-7-17(14)15(18)16-13-6-4-5-12(9-13)11-20-2/h4-6,9,14H,3,7-8,10-11H2,1-2H3,(H,16,18)/t14-/m1/s1. The van der Waals surface area contributed by atoms with E-state index in [1.165, 1.54) is 5.56 Å². The Kier molecular flexibility index (Phi) is 5.73. The number of hydrogen-bond donors (Lipinski definition) is 1. The number of carbonyl (C=O) groups is 1. The number of morpholine rings is 1. The smallest absolute Gasteiger partial charge is 0.322 e. The van der Waals surface area contributed by atoms with Gasteiger partial charge < -0.3 is 15.0 Å². The van der Waals surface area contributed by atoms with Crippen molar-refractivity contribution in [3.8, 4) is 0 Å². The van der Waals surface area contributed by atoms with Crippen molar-refractivity contribution in [1.29, 1.82) is 0 Å². The zero-order valence-corrected chi connectivity index (χ0v) is 12.9. The van der Waals surface area contributed by atoms with Crippen LogP contribution in [0.4, 0.5) is 10.5 Å². The van der Waals surface area contributed by atoms with Gasteiger partial charge in [-0.3, -0.25) is 0 Å². The first kappa shape index (κ1) is 15.2. The van der Waals surface area contributed by atoms with E-state index in [4.69, 9.17) is 4.74 Å². The third-order valence-electron chi connectivity index (χ3n) is 3.45. The molecule has 110 valence electrons. The first-order chi connectivity index (χ1) is 9.74. The largest absolute Gasteiger partial charge is 0.377 e. The van der Waals surface area contributed by atoms with Crippen LogP contribution in [-0.2, 0) is 10.5 Å². The molecule has 1 aromatic carbocycles. The van der Waals surface area contributed by atoms with Gasteiger partial charge in [0.05, 0.1) is 19.3 Å². The van der Waals surface area contributed by atoms with Crippen LogP contribution in [0.15, 0.2) is 24.3 Å². The Balaban J connectivity index is 2.01. The predicted octanol–water partition coefficient (Wildman–Crippen LogP) is 3.19. The number of rotatable bonds is 4. The van der Waals surface area contributed by atoms with Crippen LogP contribution in [0.1, 0.15) is 18.9 Å². The summed E-state index contributed by atoms with van der Waals surface area (Å²) in [5.74, 6) is 0.957. The zero-order chi connectivity index (χ0) is 14.4. The number of ether oxygens (including phenoxy) is 1. The highest BCUT2D eigenvalue weighted by Crippen LogP contribution is 2.17. The molecule has 1 aliphatic rings. The maximum absolute atomic E-state index is 12.4. The summed E-state index contributed by atoms with van der Waals surface area (Å²) in [5, 5.41) is 3.00. The lowest BCUT2D eigenvalue weighted by atomic mass is 10.2. The number of thioether (sulfide) groups is 1. The van der Waals surface area contributed by atoms with E-state index in [2.05, 4.69) is 24.6 Å². The van der Waals surface area contributed by atoms with E-state index in [-0.39, 0.29) is 12.1 Å². The number of nitrogens with one attached hydrogen (secondary N) is 1. The van der Waals surface area contributed by atoms with Crippen LogP contribution in [0.3, 0.4) is 0 Å². The minimum absolute atomic E-state index is 0.0264. The van der Waals surface area contributed by atoms with E-state index < -0.39 is 0 Å². The van der Waals surface area contributed by atoms with Crippen molar-refractivity contribution in [1.82, 2.24) is 4.90 Å². The van der Waals surface area contributed by atoms with Crippen LogP contribution in [0.2, 0.25) is 0 Å². The van der Waals surface area contributed by atoms with Gasteiger partial charge in [0, 0.05) is 18.0 Å². The van der Waals surface area contributed by atoms with Gasteiger partial charge in [-0.15, -0.1) is 0 Å². The maximum Gasteiger partial charge on any atom is 0.322 e. The molecule has 2 rings (SSSR count). The molecule has 1 aromatic rings. The van der Waals surface area contributed by atoms with E-state index >= 15 is 0 Å².